The molecule has 1 aliphatic heterocycles. The number of amides is 3. The van der Waals surface area contributed by atoms with E-state index in [4.69, 9.17) is 27.6 Å². The lowest BCUT2D eigenvalue weighted by Crippen LogP contribution is -2.41. The number of halogens is 2. The molecule has 5 nitrogen and oxygen atoms in total. The number of rotatable bonds is 3. The normalized spacial score (nSPS) is 19.8. The maximum atomic E-state index is 12.7. The Morgan fingerprint density at radius 1 is 1.07 bits per heavy atom. The number of hydrogen-bond acceptors (Lipinski definition) is 3. The maximum absolute atomic E-state index is 12.7. The summed E-state index contributed by atoms with van der Waals surface area (Å²) in [6, 6.07) is 8.27. The molecule has 3 amide bonds. The first-order chi connectivity index (χ1) is 13.0. The number of carbonyl (C=O) groups excluding carboxylic acids is 2. The van der Waals surface area contributed by atoms with Crippen LogP contribution in [0.5, 0.6) is 0 Å². The van der Waals surface area contributed by atoms with Crippen LogP contribution in [-0.4, -0.2) is 22.9 Å². The number of hydrogen-bond donors (Lipinski definition) is 1. The summed E-state index contributed by atoms with van der Waals surface area (Å²) in [5.74, 6) is 0.726. The Kier molecular flexibility index (Phi) is 4.98. The van der Waals surface area contributed by atoms with Crippen LogP contribution < -0.4 is 5.32 Å². The quantitative estimate of drug-likeness (QED) is 0.544. The highest BCUT2D eigenvalue weighted by Crippen LogP contribution is 2.32. The van der Waals surface area contributed by atoms with Crippen molar-refractivity contribution in [3.8, 4) is 11.3 Å². The van der Waals surface area contributed by atoms with Gasteiger partial charge in [-0.3, -0.25) is 9.69 Å². The van der Waals surface area contributed by atoms with Gasteiger partial charge in [-0.2, -0.15) is 0 Å². The summed E-state index contributed by atoms with van der Waals surface area (Å²) in [6.07, 6.45) is 6.54. The predicted octanol–water partition coefficient (Wildman–Crippen LogP) is 5.48. The van der Waals surface area contributed by atoms with Gasteiger partial charge < -0.3 is 9.73 Å². The minimum atomic E-state index is -0.356. The SMILES string of the molecule is O=C1N/C(=C\c2ccc(-c3ccc(Cl)cc3Cl)o2)C(=O)N1C1CCCCC1. The fourth-order valence-electron chi connectivity index (χ4n) is 3.63. The molecule has 0 radical (unpaired) electrons. The van der Waals surface area contributed by atoms with Gasteiger partial charge in [-0.1, -0.05) is 42.5 Å². The highest BCUT2D eigenvalue weighted by atomic mass is 35.5. The largest absolute Gasteiger partial charge is 0.457 e. The van der Waals surface area contributed by atoms with Gasteiger partial charge >= 0.3 is 6.03 Å². The molecule has 0 atom stereocenters. The lowest BCUT2D eigenvalue weighted by Gasteiger charge is -2.28. The maximum Gasteiger partial charge on any atom is 0.329 e. The van der Waals surface area contributed by atoms with E-state index < -0.39 is 0 Å². The third kappa shape index (κ3) is 3.62. The minimum absolute atomic E-state index is 0.0165. The summed E-state index contributed by atoms with van der Waals surface area (Å²) in [4.78, 5) is 26.3. The van der Waals surface area contributed by atoms with Gasteiger partial charge in [-0.25, -0.2) is 4.79 Å². The van der Waals surface area contributed by atoms with Crippen LogP contribution in [-0.2, 0) is 4.79 Å². The molecule has 0 spiro atoms. The highest BCUT2D eigenvalue weighted by molar-refractivity contribution is 6.36. The predicted molar refractivity (Wildman–Crippen MR) is 104 cm³/mol. The average Bonchev–Trinajstić information content (AvgIpc) is 3.21. The first kappa shape index (κ1) is 18.1. The van der Waals surface area contributed by atoms with Crippen LogP contribution >= 0.6 is 23.2 Å². The zero-order chi connectivity index (χ0) is 19.0. The molecule has 7 heteroatoms. The van der Waals surface area contributed by atoms with E-state index in [1.165, 1.54) is 4.90 Å². The van der Waals surface area contributed by atoms with Gasteiger partial charge in [0.25, 0.3) is 5.91 Å². The van der Waals surface area contributed by atoms with Crippen LogP contribution in [0.2, 0.25) is 10.0 Å². The summed E-state index contributed by atoms with van der Waals surface area (Å²) in [7, 11) is 0. The van der Waals surface area contributed by atoms with E-state index in [1.807, 2.05) is 0 Å². The van der Waals surface area contributed by atoms with E-state index in [-0.39, 0.29) is 23.7 Å². The molecule has 1 N–H and O–H groups in total. The van der Waals surface area contributed by atoms with Crippen molar-refractivity contribution in [2.75, 3.05) is 0 Å². The minimum Gasteiger partial charge on any atom is -0.457 e. The standard InChI is InChI=1S/C20H18Cl2N2O3/c21-12-6-8-15(16(22)10-12)18-9-7-14(27-18)11-17-19(25)24(20(26)23-17)13-4-2-1-3-5-13/h6-11,13H,1-5H2,(H,23,26)/b17-11-. The molecule has 0 bridgehead atoms. The van der Waals surface area contributed by atoms with Gasteiger partial charge in [0.2, 0.25) is 0 Å². The highest BCUT2D eigenvalue weighted by Gasteiger charge is 2.39. The fraction of sp³-hybridized carbons (Fsp3) is 0.300. The van der Waals surface area contributed by atoms with E-state index in [0.29, 0.717) is 27.1 Å². The Morgan fingerprint density at radius 3 is 2.59 bits per heavy atom. The van der Waals surface area contributed by atoms with Gasteiger partial charge in [0, 0.05) is 22.7 Å². The first-order valence-corrected chi connectivity index (χ1v) is 9.70. The molecule has 27 heavy (non-hydrogen) atoms. The van der Waals surface area contributed by atoms with Gasteiger partial charge in [-0.05, 0) is 43.2 Å². The van der Waals surface area contributed by atoms with Crippen molar-refractivity contribution < 1.29 is 14.0 Å². The number of urea groups is 1. The Morgan fingerprint density at radius 2 is 1.85 bits per heavy atom. The first-order valence-electron chi connectivity index (χ1n) is 8.94. The molecule has 2 aromatic rings. The topological polar surface area (TPSA) is 62.6 Å². The molecule has 2 aliphatic rings. The molecular weight excluding hydrogens is 387 g/mol. The lowest BCUT2D eigenvalue weighted by atomic mass is 9.94. The van der Waals surface area contributed by atoms with Crippen molar-refractivity contribution in [2.45, 2.75) is 38.1 Å². The Hall–Kier alpha value is -2.24. The van der Waals surface area contributed by atoms with Crippen LogP contribution in [0, 0.1) is 0 Å². The molecule has 1 aromatic carbocycles. The van der Waals surface area contributed by atoms with E-state index in [1.54, 1.807) is 36.4 Å². The summed E-state index contributed by atoms with van der Waals surface area (Å²) in [5, 5.41) is 3.68. The molecule has 1 aromatic heterocycles. The number of nitrogens with zero attached hydrogens (tertiary/aromatic N) is 1. The van der Waals surface area contributed by atoms with Crippen LogP contribution in [0.1, 0.15) is 37.9 Å². The number of nitrogens with one attached hydrogen (secondary N) is 1. The van der Waals surface area contributed by atoms with Crippen molar-refractivity contribution in [2.24, 2.45) is 0 Å². The smallest absolute Gasteiger partial charge is 0.329 e. The Labute approximate surface area is 166 Å². The van der Waals surface area contributed by atoms with Gasteiger partial charge in [0.05, 0.1) is 5.02 Å². The van der Waals surface area contributed by atoms with E-state index in [9.17, 15) is 9.59 Å². The molecule has 2 heterocycles. The second-order valence-corrected chi connectivity index (χ2v) is 7.62. The van der Waals surface area contributed by atoms with Crippen molar-refractivity contribution in [3.63, 3.8) is 0 Å². The molecule has 2 fully saturated rings. The Balaban J connectivity index is 1.56. The van der Waals surface area contributed by atoms with Crippen LogP contribution in [0.15, 0.2) is 40.4 Å². The molecule has 1 saturated carbocycles. The summed E-state index contributed by atoms with van der Waals surface area (Å²) < 4.78 is 5.79. The molecule has 1 saturated heterocycles. The van der Waals surface area contributed by atoms with Crippen LogP contribution in [0.25, 0.3) is 17.4 Å². The zero-order valence-electron chi connectivity index (χ0n) is 14.5. The second-order valence-electron chi connectivity index (χ2n) is 6.78. The summed E-state index contributed by atoms with van der Waals surface area (Å²) >= 11 is 12.1. The number of benzene rings is 1. The van der Waals surface area contributed by atoms with Crippen molar-refractivity contribution in [3.05, 3.63) is 51.8 Å². The molecule has 1 aliphatic carbocycles. The van der Waals surface area contributed by atoms with E-state index in [2.05, 4.69) is 5.32 Å². The zero-order valence-corrected chi connectivity index (χ0v) is 16.0. The lowest BCUT2D eigenvalue weighted by molar-refractivity contribution is -0.124. The number of furan rings is 1. The molecule has 0 unspecified atom stereocenters. The van der Waals surface area contributed by atoms with Gasteiger partial charge in [-0.15, -0.1) is 0 Å². The van der Waals surface area contributed by atoms with Gasteiger partial charge in [0.15, 0.2) is 0 Å². The van der Waals surface area contributed by atoms with Crippen molar-refractivity contribution in [1.29, 1.82) is 0 Å². The fourth-order valence-corrected chi connectivity index (χ4v) is 4.13. The van der Waals surface area contributed by atoms with E-state index in [0.717, 1.165) is 32.1 Å². The van der Waals surface area contributed by atoms with Crippen molar-refractivity contribution >= 4 is 41.2 Å². The average molecular weight is 405 g/mol. The third-order valence-corrected chi connectivity index (χ3v) is 5.51. The summed E-state index contributed by atoms with van der Waals surface area (Å²) in [5.41, 5.74) is 0.935. The number of imide groups is 1. The third-order valence-electron chi connectivity index (χ3n) is 4.96. The van der Waals surface area contributed by atoms with Gasteiger partial charge in [0.1, 0.15) is 17.2 Å². The molecular formula is C20H18Cl2N2O3. The molecule has 4 rings (SSSR count). The number of carbonyl (C=O) groups is 2. The monoisotopic (exact) mass is 404 g/mol. The Bertz CT molecular complexity index is 929. The van der Waals surface area contributed by atoms with E-state index >= 15 is 0 Å². The second kappa shape index (κ2) is 7.41. The summed E-state index contributed by atoms with van der Waals surface area (Å²) in [6.45, 7) is 0. The van der Waals surface area contributed by atoms with Crippen LogP contribution in [0.4, 0.5) is 4.79 Å². The van der Waals surface area contributed by atoms with Crippen molar-refractivity contribution in [1.82, 2.24) is 10.2 Å². The molecule has 140 valence electrons. The van der Waals surface area contributed by atoms with Crippen LogP contribution in [0.3, 0.4) is 0 Å².